The van der Waals surface area contributed by atoms with E-state index in [0.717, 1.165) is 17.9 Å². The molecular formula is C8H11N2. The van der Waals surface area contributed by atoms with Gasteiger partial charge in [-0.15, -0.1) is 0 Å². The second-order valence-corrected chi connectivity index (χ2v) is 2.23. The van der Waals surface area contributed by atoms with E-state index in [1.165, 1.54) is 0 Å². The molecule has 0 fully saturated rings. The van der Waals surface area contributed by atoms with Crippen molar-refractivity contribution >= 4 is 0 Å². The molecule has 0 saturated heterocycles. The van der Waals surface area contributed by atoms with Crippen LogP contribution in [-0.4, -0.2) is 12.0 Å². The number of aryl methyl sites for hydroxylation is 1. The van der Waals surface area contributed by atoms with Crippen LogP contribution in [0.1, 0.15) is 11.4 Å². The molecule has 10 heavy (non-hydrogen) atoms. The van der Waals surface area contributed by atoms with E-state index in [1.54, 1.807) is 0 Å². The smallest absolute Gasteiger partial charge is 0.0550 e. The van der Waals surface area contributed by atoms with Gasteiger partial charge in [0.1, 0.15) is 0 Å². The molecular weight excluding hydrogens is 124 g/mol. The summed E-state index contributed by atoms with van der Waals surface area (Å²) in [6.45, 7) is 2.79. The fourth-order valence-electron chi connectivity index (χ4n) is 0.821. The number of nitrogens with zero attached hydrogens (tertiary/aromatic N) is 1. The summed E-state index contributed by atoms with van der Waals surface area (Å²) in [6, 6.07) is 6.78. The summed E-state index contributed by atoms with van der Waals surface area (Å²) in [7, 11) is 1.91. The number of hydrogen-bond donors (Lipinski definition) is 1. The van der Waals surface area contributed by atoms with Gasteiger partial charge in [-0.1, -0.05) is 0 Å². The molecule has 0 amide bonds. The highest BCUT2D eigenvalue weighted by Gasteiger charge is 1.90. The molecule has 1 rings (SSSR count). The van der Waals surface area contributed by atoms with Crippen molar-refractivity contribution in [3.05, 3.63) is 29.6 Å². The Bertz CT molecular complexity index is 208. The third kappa shape index (κ3) is 1.81. The molecule has 1 aromatic rings. The largest absolute Gasteiger partial charge is 0.314 e. The molecule has 0 aromatic carbocycles. The van der Waals surface area contributed by atoms with Gasteiger partial charge in [-0.2, -0.15) is 0 Å². The van der Waals surface area contributed by atoms with Crippen LogP contribution in [0.4, 0.5) is 0 Å². The van der Waals surface area contributed by atoms with Crippen LogP contribution in [0.3, 0.4) is 0 Å². The third-order valence-electron chi connectivity index (χ3n) is 1.22. The summed E-state index contributed by atoms with van der Waals surface area (Å²) >= 11 is 0. The topological polar surface area (TPSA) is 24.9 Å². The summed E-state index contributed by atoms with van der Waals surface area (Å²) in [5, 5.41) is 3.03. The minimum absolute atomic E-state index is 0.818. The van der Waals surface area contributed by atoms with E-state index in [9.17, 15) is 0 Å². The third-order valence-corrected chi connectivity index (χ3v) is 1.22. The molecule has 0 aliphatic heterocycles. The first-order valence-electron chi connectivity index (χ1n) is 3.31. The molecule has 0 aliphatic carbocycles. The average molecular weight is 135 g/mol. The van der Waals surface area contributed by atoms with Gasteiger partial charge < -0.3 is 5.32 Å². The van der Waals surface area contributed by atoms with Crippen LogP contribution in [0.2, 0.25) is 0 Å². The van der Waals surface area contributed by atoms with Gasteiger partial charge >= 0.3 is 0 Å². The summed E-state index contributed by atoms with van der Waals surface area (Å²) in [4.78, 5) is 4.27. The van der Waals surface area contributed by atoms with Crippen molar-refractivity contribution in [1.29, 1.82) is 0 Å². The molecule has 1 heterocycles. The van der Waals surface area contributed by atoms with Crippen molar-refractivity contribution in [2.75, 3.05) is 7.05 Å². The summed E-state index contributed by atoms with van der Waals surface area (Å²) in [5.74, 6) is 0. The molecule has 0 spiro atoms. The first-order valence-corrected chi connectivity index (χ1v) is 3.31. The maximum Gasteiger partial charge on any atom is 0.0550 e. The fraction of sp³-hybridized carbons (Fsp3) is 0.375. The van der Waals surface area contributed by atoms with Gasteiger partial charge in [0.05, 0.1) is 5.69 Å². The standard InChI is InChI=1S/C8H11N2/c1-7-4-3-5-8(10-7)6-9-2/h4-5,9H,6H2,1-2H3. The van der Waals surface area contributed by atoms with Crippen LogP contribution in [-0.2, 0) is 6.54 Å². The zero-order chi connectivity index (χ0) is 7.40. The first kappa shape index (κ1) is 7.22. The van der Waals surface area contributed by atoms with Crippen LogP contribution >= 0.6 is 0 Å². The number of rotatable bonds is 2. The van der Waals surface area contributed by atoms with Gasteiger partial charge in [0.15, 0.2) is 0 Å². The van der Waals surface area contributed by atoms with Gasteiger partial charge in [-0.05, 0) is 32.2 Å². The Morgan fingerprint density at radius 2 is 2.40 bits per heavy atom. The SMILES string of the molecule is CNCc1c[c]cc(C)n1. The highest BCUT2D eigenvalue weighted by molar-refractivity contribution is 5.08. The van der Waals surface area contributed by atoms with Gasteiger partial charge in [-0.3, -0.25) is 4.98 Å². The zero-order valence-corrected chi connectivity index (χ0v) is 6.31. The minimum Gasteiger partial charge on any atom is -0.314 e. The predicted molar refractivity (Wildman–Crippen MR) is 40.6 cm³/mol. The second-order valence-electron chi connectivity index (χ2n) is 2.23. The van der Waals surface area contributed by atoms with Crippen molar-refractivity contribution in [2.24, 2.45) is 0 Å². The fourth-order valence-corrected chi connectivity index (χ4v) is 0.821. The Morgan fingerprint density at radius 3 is 3.00 bits per heavy atom. The summed E-state index contributed by atoms with van der Waals surface area (Å²) in [5.41, 5.74) is 2.07. The molecule has 53 valence electrons. The van der Waals surface area contributed by atoms with Crippen molar-refractivity contribution in [2.45, 2.75) is 13.5 Å². The second kappa shape index (κ2) is 3.32. The summed E-state index contributed by atoms with van der Waals surface area (Å²) < 4.78 is 0. The lowest BCUT2D eigenvalue weighted by atomic mass is 10.3. The van der Waals surface area contributed by atoms with E-state index in [4.69, 9.17) is 0 Å². The maximum atomic E-state index is 4.27. The Kier molecular flexibility index (Phi) is 2.40. The normalized spacial score (nSPS) is 9.80. The van der Waals surface area contributed by atoms with Crippen LogP contribution in [0.25, 0.3) is 0 Å². The van der Waals surface area contributed by atoms with E-state index >= 15 is 0 Å². The monoisotopic (exact) mass is 135 g/mol. The Labute approximate surface area is 61.3 Å². The van der Waals surface area contributed by atoms with Gasteiger partial charge in [0.25, 0.3) is 0 Å². The Hall–Kier alpha value is -0.890. The Balaban J connectivity index is 2.75. The predicted octanol–water partition coefficient (Wildman–Crippen LogP) is 0.910. The molecule has 1 radical (unpaired) electrons. The lowest BCUT2D eigenvalue weighted by Crippen LogP contribution is -2.06. The highest BCUT2D eigenvalue weighted by Crippen LogP contribution is 1.95. The molecule has 0 aliphatic rings. The Morgan fingerprint density at radius 1 is 1.60 bits per heavy atom. The minimum atomic E-state index is 0.818. The first-order chi connectivity index (χ1) is 4.83. The molecule has 0 unspecified atom stereocenters. The zero-order valence-electron chi connectivity index (χ0n) is 6.31. The van der Waals surface area contributed by atoms with Gasteiger partial charge in [-0.25, -0.2) is 0 Å². The van der Waals surface area contributed by atoms with Gasteiger partial charge in [0.2, 0.25) is 0 Å². The number of pyridine rings is 1. The number of nitrogens with one attached hydrogen (secondary N) is 1. The molecule has 1 N–H and O–H groups in total. The summed E-state index contributed by atoms with van der Waals surface area (Å²) in [6.07, 6.45) is 0. The maximum absolute atomic E-state index is 4.27. The van der Waals surface area contributed by atoms with Crippen LogP contribution < -0.4 is 5.32 Å². The van der Waals surface area contributed by atoms with E-state index in [-0.39, 0.29) is 0 Å². The van der Waals surface area contributed by atoms with Crippen molar-refractivity contribution < 1.29 is 0 Å². The molecule has 0 bridgehead atoms. The van der Waals surface area contributed by atoms with Crippen LogP contribution in [0, 0.1) is 13.0 Å². The number of aromatic nitrogens is 1. The number of hydrogen-bond acceptors (Lipinski definition) is 2. The lowest BCUT2D eigenvalue weighted by Gasteiger charge is -1.98. The van der Waals surface area contributed by atoms with Crippen molar-refractivity contribution in [1.82, 2.24) is 10.3 Å². The van der Waals surface area contributed by atoms with Crippen molar-refractivity contribution in [3.63, 3.8) is 0 Å². The highest BCUT2D eigenvalue weighted by atomic mass is 14.8. The average Bonchev–Trinajstić information content (AvgIpc) is 1.88. The molecule has 1 aromatic heterocycles. The quantitative estimate of drug-likeness (QED) is 0.652. The lowest BCUT2D eigenvalue weighted by molar-refractivity contribution is 0.786. The van der Waals surface area contributed by atoms with E-state index < -0.39 is 0 Å². The van der Waals surface area contributed by atoms with E-state index in [0.29, 0.717) is 0 Å². The molecule has 0 atom stereocenters. The van der Waals surface area contributed by atoms with Crippen LogP contribution in [0.5, 0.6) is 0 Å². The van der Waals surface area contributed by atoms with Crippen molar-refractivity contribution in [3.8, 4) is 0 Å². The molecule has 2 heteroatoms. The molecule has 0 saturated carbocycles. The van der Waals surface area contributed by atoms with Gasteiger partial charge in [0, 0.05) is 12.2 Å². The van der Waals surface area contributed by atoms with E-state index in [1.807, 2.05) is 26.1 Å². The molecule has 2 nitrogen and oxygen atoms in total. The van der Waals surface area contributed by atoms with E-state index in [2.05, 4.69) is 16.4 Å². The van der Waals surface area contributed by atoms with Crippen LogP contribution in [0.15, 0.2) is 12.1 Å².